The predicted molar refractivity (Wildman–Crippen MR) is 79.1 cm³/mol. The van der Waals surface area contributed by atoms with E-state index in [-0.39, 0.29) is 17.6 Å². The third kappa shape index (κ3) is 4.16. The number of rotatable bonds is 6. The topological polar surface area (TPSA) is 54.4 Å². The molecule has 0 fully saturated rings. The molecule has 0 aromatic heterocycles. The molecule has 0 saturated heterocycles. The van der Waals surface area contributed by atoms with Gasteiger partial charge in [0.1, 0.15) is 0 Å². The van der Waals surface area contributed by atoms with Crippen LogP contribution in [0.2, 0.25) is 0 Å². The average molecular weight is 327 g/mol. The molecule has 0 amide bonds. The van der Waals surface area contributed by atoms with Crippen molar-refractivity contribution in [3.63, 3.8) is 0 Å². The fourth-order valence-corrected chi connectivity index (χ4v) is 2.26. The number of carbonyl (C=O) groups is 2. The second-order valence-electron chi connectivity index (χ2n) is 5.24. The van der Waals surface area contributed by atoms with Gasteiger partial charge in [0.15, 0.2) is 5.78 Å². The minimum atomic E-state index is -0.987. The quantitative estimate of drug-likeness (QED) is 0.639. The lowest BCUT2D eigenvalue weighted by atomic mass is 9.82. The molecule has 4 heteroatoms. The Hall–Kier alpha value is -1.16. The van der Waals surface area contributed by atoms with Gasteiger partial charge in [-0.1, -0.05) is 61.0 Å². The molecule has 1 N–H and O–H groups in total. The second kappa shape index (κ2) is 6.33. The summed E-state index contributed by atoms with van der Waals surface area (Å²) in [6.45, 7) is 6.43. The summed E-state index contributed by atoms with van der Waals surface area (Å²) >= 11 is 3.12. The van der Waals surface area contributed by atoms with Crippen molar-refractivity contribution in [1.82, 2.24) is 0 Å². The third-order valence-electron chi connectivity index (χ3n) is 3.47. The summed E-state index contributed by atoms with van der Waals surface area (Å²) in [4.78, 5) is 21.9. The number of carboxylic acids is 1. The Morgan fingerprint density at radius 3 is 2.21 bits per heavy atom. The SMILES string of the molecule is CCC(C)(C)c1ccc(C(=O)C(Br)CC(=O)O)cc1. The number of benzene rings is 1. The van der Waals surface area contributed by atoms with Gasteiger partial charge >= 0.3 is 5.97 Å². The van der Waals surface area contributed by atoms with Crippen molar-refractivity contribution in [3.05, 3.63) is 35.4 Å². The molecule has 0 aliphatic carbocycles. The van der Waals surface area contributed by atoms with Crippen molar-refractivity contribution in [1.29, 1.82) is 0 Å². The molecule has 104 valence electrons. The van der Waals surface area contributed by atoms with Gasteiger partial charge in [0, 0.05) is 5.56 Å². The number of aliphatic carboxylic acids is 1. The molecule has 19 heavy (non-hydrogen) atoms. The van der Waals surface area contributed by atoms with E-state index in [1.807, 2.05) is 12.1 Å². The van der Waals surface area contributed by atoms with Crippen LogP contribution in [0.15, 0.2) is 24.3 Å². The van der Waals surface area contributed by atoms with Gasteiger partial charge in [-0.05, 0) is 17.4 Å². The number of hydrogen-bond donors (Lipinski definition) is 1. The summed E-state index contributed by atoms with van der Waals surface area (Å²) in [6.07, 6.45) is 0.807. The summed E-state index contributed by atoms with van der Waals surface area (Å²) in [5.74, 6) is -1.18. The zero-order valence-corrected chi connectivity index (χ0v) is 13.0. The van der Waals surface area contributed by atoms with Crippen LogP contribution in [0.1, 0.15) is 49.5 Å². The first kappa shape index (κ1) is 15.9. The Morgan fingerprint density at radius 2 is 1.79 bits per heavy atom. The van der Waals surface area contributed by atoms with Gasteiger partial charge in [0.2, 0.25) is 0 Å². The summed E-state index contributed by atoms with van der Waals surface area (Å²) in [5, 5.41) is 8.68. The maximum absolute atomic E-state index is 12.0. The van der Waals surface area contributed by atoms with Crippen molar-refractivity contribution in [2.45, 2.75) is 43.9 Å². The smallest absolute Gasteiger partial charge is 0.304 e. The van der Waals surface area contributed by atoms with Crippen molar-refractivity contribution in [3.8, 4) is 0 Å². The molecular formula is C15H19BrO3. The minimum absolute atomic E-state index is 0.0798. The van der Waals surface area contributed by atoms with E-state index in [4.69, 9.17) is 5.11 Å². The fourth-order valence-electron chi connectivity index (χ4n) is 1.72. The molecule has 1 unspecified atom stereocenters. The van der Waals surface area contributed by atoms with Crippen LogP contribution in [0.3, 0.4) is 0 Å². The zero-order valence-electron chi connectivity index (χ0n) is 11.4. The van der Waals surface area contributed by atoms with E-state index in [1.54, 1.807) is 12.1 Å². The molecule has 3 nitrogen and oxygen atoms in total. The van der Waals surface area contributed by atoms with E-state index in [0.717, 1.165) is 6.42 Å². The van der Waals surface area contributed by atoms with Crippen LogP contribution < -0.4 is 0 Å². The molecule has 1 rings (SSSR count). The molecule has 0 radical (unpaired) electrons. The van der Waals surface area contributed by atoms with Gasteiger partial charge < -0.3 is 5.11 Å². The molecule has 0 spiro atoms. The number of hydrogen-bond acceptors (Lipinski definition) is 2. The minimum Gasteiger partial charge on any atom is -0.481 e. The van der Waals surface area contributed by atoms with Gasteiger partial charge in [-0.25, -0.2) is 0 Å². The zero-order chi connectivity index (χ0) is 14.6. The van der Waals surface area contributed by atoms with Crippen molar-refractivity contribution < 1.29 is 14.7 Å². The Morgan fingerprint density at radius 1 is 1.26 bits per heavy atom. The van der Waals surface area contributed by atoms with E-state index in [9.17, 15) is 9.59 Å². The number of carbonyl (C=O) groups excluding carboxylic acids is 1. The normalized spacial score (nSPS) is 13.1. The standard InChI is InChI=1S/C15H19BrO3/c1-4-15(2,3)11-7-5-10(6-8-11)14(19)12(16)9-13(17)18/h5-8,12H,4,9H2,1-3H3,(H,17,18). The second-order valence-corrected chi connectivity index (χ2v) is 6.35. The largest absolute Gasteiger partial charge is 0.481 e. The highest BCUT2D eigenvalue weighted by Crippen LogP contribution is 2.27. The first-order valence-electron chi connectivity index (χ1n) is 6.28. The van der Waals surface area contributed by atoms with Crippen LogP contribution in [-0.4, -0.2) is 21.7 Å². The van der Waals surface area contributed by atoms with Gasteiger partial charge in [0.05, 0.1) is 11.2 Å². The molecule has 0 heterocycles. The number of ketones is 1. The van der Waals surface area contributed by atoms with Crippen LogP contribution in [0.25, 0.3) is 0 Å². The Bertz CT molecular complexity index is 463. The van der Waals surface area contributed by atoms with E-state index in [1.165, 1.54) is 5.56 Å². The van der Waals surface area contributed by atoms with Gasteiger partial charge in [-0.3, -0.25) is 9.59 Å². The van der Waals surface area contributed by atoms with Crippen molar-refractivity contribution in [2.24, 2.45) is 0 Å². The van der Waals surface area contributed by atoms with E-state index in [2.05, 4.69) is 36.7 Å². The highest BCUT2D eigenvalue weighted by molar-refractivity contribution is 9.10. The van der Waals surface area contributed by atoms with Crippen LogP contribution in [0.4, 0.5) is 0 Å². The molecule has 1 atom stereocenters. The lowest BCUT2D eigenvalue weighted by Crippen LogP contribution is -2.19. The molecular weight excluding hydrogens is 308 g/mol. The Labute approximate surface area is 122 Å². The van der Waals surface area contributed by atoms with Crippen LogP contribution in [0.5, 0.6) is 0 Å². The maximum Gasteiger partial charge on any atom is 0.304 e. The predicted octanol–water partition coefficient (Wildman–Crippen LogP) is 3.80. The molecule has 0 bridgehead atoms. The first-order valence-corrected chi connectivity index (χ1v) is 7.20. The summed E-state index contributed by atoms with van der Waals surface area (Å²) in [5.41, 5.74) is 1.80. The highest BCUT2D eigenvalue weighted by Gasteiger charge is 2.22. The van der Waals surface area contributed by atoms with Crippen molar-refractivity contribution >= 4 is 27.7 Å². The number of alkyl halides is 1. The van der Waals surface area contributed by atoms with Crippen LogP contribution in [0, 0.1) is 0 Å². The number of carboxylic acid groups (broad SMARTS) is 1. The highest BCUT2D eigenvalue weighted by atomic mass is 79.9. The summed E-state index contributed by atoms with van der Waals surface area (Å²) in [6, 6.07) is 7.42. The van der Waals surface area contributed by atoms with Gasteiger partial charge in [0.25, 0.3) is 0 Å². The monoisotopic (exact) mass is 326 g/mol. The molecule has 1 aromatic carbocycles. The fraction of sp³-hybridized carbons (Fsp3) is 0.467. The van der Waals surface area contributed by atoms with Crippen LogP contribution in [-0.2, 0) is 10.2 Å². The van der Waals surface area contributed by atoms with E-state index < -0.39 is 10.8 Å². The molecule has 0 aliphatic heterocycles. The Balaban J connectivity index is 2.87. The van der Waals surface area contributed by atoms with Gasteiger partial charge in [-0.15, -0.1) is 0 Å². The van der Waals surface area contributed by atoms with Crippen LogP contribution >= 0.6 is 15.9 Å². The van der Waals surface area contributed by atoms with E-state index >= 15 is 0 Å². The maximum atomic E-state index is 12.0. The molecule has 1 aromatic rings. The lowest BCUT2D eigenvalue weighted by Gasteiger charge is -2.23. The third-order valence-corrected chi connectivity index (χ3v) is 4.21. The lowest BCUT2D eigenvalue weighted by molar-refractivity contribution is -0.136. The number of halogens is 1. The molecule has 0 aliphatic rings. The average Bonchev–Trinajstić information content (AvgIpc) is 2.37. The first-order chi connectivity index (χ1) is 8.77. The summed E-state index contributed by atoms with van der Waals surface area (Å²) in [7, 11) is 0. The molecule has 0 saturated carbocycles. The van der Waals surface area contributed by atoms with Gasteiger partial charge in [-0.2, -0.15) is 0 Å². The van der Waals surface area contributed by atoms with E-state index in [0.29, 0.717) is 5.56 Å². The summed E-state index contributed by atoms with van der Waals surface area (Å²) < 4.78 is 0. The Kier molecular flexibility index (Phi) is 5.29. The number of Topliss-reactive ketones (excluding diaryl/α,β-unsaturated/α-hetero) is 1. The van der Waals surface area contributed by atoms with Crippen molar-refractivity contribution in [2.75, 3.05) is 0 Å².